The number of halogens is 2. The van der Waals surface area contributed by atoms with Crippen LogP contribution in [0.2, 0.25) is 0 Å². The number of amides is 1. The van der Waals surface area contributed by atoms with Crippen LogP contribution < -0.4 is 10.1 Å². The molecule has 0 aliphatic carbocycles. The number of hydrogen-bond donors (Lipinski definition) is 1. The maximum absolute atomic E-state index is 14.0. The molecule has 188 valence electrons. The number of ether oxygens (including phenoxy) is 2. The third-order valence-corrected chi connectivity index (χ3v) is 7.16. The van der Waals surface area contributed by atoms with Crippen molar-refractivity contribution < 1.29 is 27.8 Å². The monoisotopic (exact) mass is 524 g/mol. The lowest BCUT2D eigenvalue weighted by atomic mass is 10.1. The summed E-state index contributed by atoms with van der Waals surface area (Å²) in [5.41, 5.74) is 1.14. The van der Waals surface area contributed by atoms with Gasteiger partial charge < -0.3 is 19.4 Å². The van der Waals surface area contributed by atoms with Gasteiger partial charge >= 0.3 is 5.97 Å². The second kappa shape index (κ2) is 11.6. The maximum atomic E-state index is 14.0. The number of esters is 1. The third-order valence-electron chi connectivity index (χ3n) is 5.07. The largest absolute Gasteiger partial charge is 0.480 e. The number of nitrogens with zero attached hydrogens (tertiary/aromatic N) is 3. The molecule has 1 aromatic carbocycles. The summed E-state index contributed by atoms with van der Waals surface area (Å²) in [4.78, 5) is 25.9. The van der Waals surface area contributed by atoms with Crippen molar-refractivity contribution in [3.8, 4) is 5.75 Å². The molecule has 3 rings (SSSR count). The van der Waals surface area contributed by atoms with Crippen molar-refractivity contribution in [3.63, 3.8) is 0 Å². The predicted octanol–water partition coefficient (Wildman–Crippen LogP) is 5.30. The van der Waals surface area contributed by atoms with Crippen molar-refractivity contribution in [1.29, 1.82) is 0 Å². The molecule has 0 saturated heterocycles. The Morgan fingerprint density at radius 1 is 1.23 bits per heavy atom. The van der Waals surface area contributed by atoms with E-state index < -0.39 is 23.7 Å². The average Bonchev–Trinajstić information content (AvgIpc) is 3.34. The summed E-state index contributed by atoms with van der Waals surface area (Å²) < 4.78 is 39.6. The standard InChI is InChI=1S/C23H26F2N4O4S2/c1-6-29-20(13(4)33-17-9-8-15(24)10-16(17)25)27-28-23(29)34-11-18(30)26-21-19(22(31)32-7-2)12(3)14(5)35-21/h8-10,13H,6-7,11H2,1-5H3,(H,26,30). The van der Waals surface area contributed by atoms with Crippen molar-refractivity contribution in [3.05, 3.63) is 51.7 Å². The van der Waals surface area contributed by atoms with Gasteiger partial charge in [-0.2, -0.15) is 0 Å². The molecule has 8 nitrogen and oxygen atoms in total. The molecule has 1 unspecified atom stereocenters. The number of thiophene rings is 1. The molecule has 12 heteroatoms. The first-order chi connectivity index (χ1) is 16.7. The first-order valence-electron chi connectivity index (χ1n) is 10.9. The van der Waals surface area contributed by atoms with Crippen LogP contribution in [0, 0.1) is 25.5 Å². The summed E-state index contributed by atoms with van der Waals surface area (Å²) in [5.74, 6) is -1.93. The molecule has 2 heterocycles. The fraction of sp³-hybridized carbons (Fsp3) is 0.391. The summed E-state index contributed by atoms with van der Waals surface area (Å²) in [6.45, 7) is 9.70. The predicted molar refractivity (Wildman–Crippen MR) is 130 cm³/mol. The van der Waals surface area contributed by atoms with E-state index >= 15 is 0 Å². The molecular weight excluding hydrogens is 498 g/mol. The van der Waals surface area contributed by atoms with Gasteiger partial charge in [0, 0.05) is 17.5 Å². The minimum absolute atomic E-state index is 0.0260. The first kappa shape index (κ1) is 26.6. The topological polar surface area (TPSA) is 95.3 Å². The van der Waals surface area contributed by atoms with Crippen LogP contribution in [0.25, 0.3) is 0 Å². The SMILES string of the molecule is CCOC(=O)c1c(NC(=O)CSc2nnc(C(C)Oc3ccc(F)cc3F)n2CC)sc(C)c1C. The zero-order valence-corrected chi connectivity index (χ0v) is 21.6. The molecule has 1 atom stereocenters. The number of aromatic nitrogens is 3. The highest BCUT2D eigenvalue weighted by Gasteiger charge is 2.23. The van der Waals surface area contributed by atoms with Gasteiger partial charge in [-0.25, -0.2) is 13.6 Å². The van der Waals surface area contributed by atoms with Gasteiger partial charge in [0.2, 0.25) is 5.91 Å². The highest BCUT2D eigenvalue weighted by molar-refractivity contribution is 7.99. The molecular formula is C23H26F2N4O4S2. The van der Waals surface area contributed by atoms with Gasteiger partial charge in [-0.05, 0) is 52.3 Å². The van der Waals surface area contributed by atoms with Crippen molar-refractivity contribution in [2.24, 2.45) is 0 Å². The van der Waals surface area contributed by atoms with Gasteiger partial charge in [0.05, 0.1) is 17.9 Å². The van der Waals surface area contributed by atoms with Gasteiger partial charge in [-0.1, -0.05) is 11.8 Å². The van der Waals surface area contributed by atoms with Gasteiger partial charge in [-0.3, -0.25) is 4.79 Å². The maximum Gasteiger partial charge on any atom is 0.341 e. The van der Waals surface area contributed by atoms with Crippen molar-refractivity contribution in [2.75, 3.05) is 17.7 Å². The Kier molecular flexibility index (Phi) is 8.84. The van der Waals surface area contributed by atoms with Crippen LogP contribution in [-0.4, -0.2) is 39.0 Å². The molecule has 0 spiro atoms. The second-order valence-electron chi connectivity index (χ2n) is 7.46. The van der Waals surface area contributed by atoms with Gasteiger partial charge in [0.25, 0.3) is 0 Å². The lowest BCUT2D eigenvalue weighted by molar-refractivity contribution is -0.113. The average molecular weight is 525 g/mol. The van der Waals surface area contributed by atoms with Gasteiger partial charge in [0.1, 0.15) is 10.8 Å². The van der Waals surface area contributed by atoms with Crippen LogP contribution in [0.1, 0.15) is 53.5 Å². The van der Waals surface area contributed by atoms with E-state index in [9.17, 15) is 18.4 Å². The van der Waals surface area contributed by atoms with Crippen LogP contribution in [0.5, 0.6) is 5.75 Å². The summed E-state index contributed by atoms with van der Waals surface area (Å²) in [6, 6.07) is 3.07. The summed E-state index contributed by atoms with van der Waals surface area (Å²) in [6.07, 6.45) is -0.671. The van der Waals surface area contributed by atoms with Crippen molar-refractivity contribution in [1.82, 2.24) is 14.8 Å². The minimum atomic E-state index is -0.813. The van der Waals surface area contributed by atoms with Gasteiger partial charge in [0.15, 0.2) is 28.7 Å². The Morgan fingerprint density at radius 2 is 1.97 bits per heavy atom. The molecule has 0 fully saturated rings. The third kappa shape index (κ3) is 6.17. The molecule has 35 heavy (non-hydrogen) atoms. The molecule has 0 radical (unpaired) electrons. The Bertz CT molecular complexity index is 1230. The number of rotatable bonds is 10. The molecule has 3 aromatic rings. The van der Waals surface area contributed by atoms with Crippen molar-refractivity contribution >= 4 is 40.0 Å². The van der Waals surface area contributed by atoms with Crippen LogP contribution in [-0.2, 0) is 16.1 Å². The first-order valence-corrected chi connectivity index (χ1v) is 12.7. The zero-order valence-electron chi connectivity index (χ0n) is 20.0. The molecule has 0 saturated carbocycles. The lowest BCUT2D eigenvalue weighted by Crippen LogP contribution is -2.17. The number of hydrogen-bond acceptors (Lipinski definition) is 8. The minimum Gasteiger partial charge on any atom is -0.480 e. The van der Waals surface area contributed by atoms with E-state index in [-0.39, 0.29) is 24.0 Å². The number of aryl methyl sites for hydroxylation is 1. The fourth-order valence-electron chi connectivity index (χ4n) is 3.28. The van der Waals surface area contributed by atoms with Gasteiger partial charge in [-0.15, -0.1) is 21.5 Å². The van der Waals surface area contributed by atoms with E-state index in [0.717, 1.165) is 22.6 Å². The Labute approximate surface area is 210 Å². The number of anilines is 1. The quantitative estimate of drug-likeness (QED) is 0.284. The number of carbonyl (C=O) groups excluding carboxylic acids is 2. The highest BCUT2D eigenvalue weighted by Crippen LogP contribution is 2.33. The Morgan fingerprint density at radius 3 is 2.63 bits per heavy atom. The second-order valence-corrected chi connectivity index (χ2v) is 9.63. The lowest BCUT2D eigenvalue weighted by Gasteiger charge is -2.16. The van der Waals surface area contributed by atoms with Crippen molar-refractivity contribution in [2.45, 2.75) is 52.4 Å². The molecule has 1 amide bonds. The van der Waals surface area contributed by atoms with Crippen LogP contribution in [0.3, 0.4) is 0 Å². The molecule has 1 N–H and O–H groups in total. The normalized spacial score (nSPS) is 11.9. The molecule has 0 aliphatic heterocycles. The molecule has 0 aliphatic rings. The van der Waals surface area contributed by atoms with E-state index in [1.165, 1.54) is 29.2 Å². The Hall–Kier alpha value is -2.99. The van der Waals surface area contributed by atoms with Crippen LogP contribution in [0.4, 0.5) is 13.8 Å². The van der Waals surface area contributed by atoms with E-state index in [1.807, 2.05) is 20.8 Å². The number of nitrogens with one attached hydrogen (secondary N) is 1. The number of benzene rings is 1. The Balaban J connectivity index is 1.68. The van der Waals surface area contributed by atoms with E-state index in [4.69, 9.17) is 9.47 Å². The van der Waals surface area contributed by atoms with E-state index in [2.05, 4.69) is 15.5 Å². The van der Waals surface area contributed by atoms with Crippen LogP contribution in [0.15, 0.2) is 23.4 Å². The van der Waals surface area contributed by atoms with Crippen LogP contribution >= 0.6 is 23.1 Å². The highest BCUT2D eigenvalue weighted by atomic mass is 32.2. The fourth-order valence-corrected chi connectivity index (χ4v) is 5.15. The van der Waals surface area contributed by atoms with E-state index in [0.29, 0.717) is 28.1 Å². The smallest absolute Gasteiger partial charge is 0.341 e. The number of thioether (sulfide) groups is 1. The zero-order chi connectivity index (χ0) is 25.7. The summed E-state index contributed by atoms with van der Waals surface area (Å²) in [7, 11) is 0. The summed E-state index contributed by atoms with van der Waals surface area (Å²) in [5, 5.41) is 12.0. The number of carbonyl (C=O) groups is 2. The van der Waals surface area contributed by atoms with E-state index in [1.54, 1.807) is 18.4 Å². The molecule has 2 aromatic heterocycles. The molecule has 0 bridgehead atoms. The summed E-state index contributed by atoms with van der Waals surface area (Å²) >= 11 is 2.49.